The SMILES string of the molecule is C[C@H](CO)N1C[C@H](C)[C@@H](CN(C)Cc2ccc(OC3CCCCC3)cc2)OC2C(NC(=O)C3CCNCC3)CCCC2C1=O. The Morgan fingerprint density at radius 1 is 1.09 bits per heavy atom. The van der Waals surface area contributed by atoms with Crippen LogP contribution in [0.2, 0.25) is 0 Å². The number of aliphatic hydroxyl groups is 1. The number of fused-ring (bicyclic) bond motifs is 1. The topological polar surface area (TPSA) is 103 Å². The summed E-state index contributed by atoms with van der Waals surface area (Å²) >= 11 is 0. The monoisotopic (exact) mass is 612 g/mol. The van der Waals surface area contributed by atoms with Gasteiger partial charge in [-0.15, -0.1) is 0 Å². The molecule has 2 saturated heterocycles. The van der Waals surface area contributed by atoms with Crippen LogP contribution in [0.15, 0.2) is 24.3 Å². The lowest BCUT2D eigenvalue weighted by atomic mass is 9.80. The molecule has 6 atom stereocenters. The van der Waals surface area contributed by atoms with Crippen molar-refractivity contribution in [1.82, 2.24) is 20.4 Å². The fraction of sp³-hybridized carbons (Fsp3) is 0.771. The minimum absolute atomic E-state index is 0.00658. The van der Waals surface area contributed by atoms with E-state index in [2.05, 4.69) is 53.8 Å². The maximum absolute atomic E-state index is 13.9. The number of ether oxygens (including phenoxy) is 2. The van der Waals surface area contributed by atoms with Crippen LogP contribution >= 0.6 is 0 Å². The first-order valence-corrected chi connectivity index (χ1v) is 17.3. The van der Waals surface area contributed by atoms with E-state index in [9.17, 15) is 14.7 Å². The first-order chi connectivity index (χ1) is 21.3. The summed E-state index contributed by atoms with van der Waals surface area (Å²) in [5.41, 5.74) is 1.22. The summed E-state index contributed by atoms with van der Waals surface area (Å²) in [7, 11) is 2.12. The van der Waals surface area contributed by atoms with Gasteiger partial charge in [0.25, 0.3) is 0 Å². The average molecular weight is 613 g/mol. The lowest BCUT2D eigenvalue weighted by Crippen LogP contribution is -2.61. The van der Waals surface area contributed by atoms with Crippen LogP contribution in [0.25, 0.3) is 0 Å². The summed E-state index contributed by atoms with van der Waals surface area (Å²) in [6.45, 7) is 7.74. The van der Waals surface area contributed by atoms with Gasteiger partial charge < -0.3 is 30.1 Å². The maximum Gasteiger partial charge on any atom is 0.228 e. The molecule has 9 nitrogen and oxygen atoms in total. The Labute approximate surface area is 264 Å². The molecular weight excluding hydrogens is 556 g/mol. The van der Waals surface area contributed by atoms with Gasteiger partial charge in [0.2, 0.25) is 11.8 Å². The highest BCUT2D eigenvalue weighted by atomic mass is 16.5. The lowest BCUT2D eigenvalue weighted by molar-refractivity contribution is -0.167. The van der Waals surface area contributed by atoms with Crippen molar-refractivity contribution in [2.75, 3.05) is 39.8 Å². The van der Waals surface area contributed by atoms with Crippen LogP contribution in [0.3, 0.4) is 0 Å². The van der Waals surface area contributed by atoms with Gasteiger partial charge in [0.05, 0.1) is 42.9 Å². The molecule has 2 aliphatic heterocycles. The Kier molecular flexibility index (Phi) is 12.0. The summed E-state index contributed by atoms with van der Waals surface area (Å²) in [5, 5.41) is 16.7. The molecule has 4 fully saturated rings. The first-order valence-electron chi connectivity index (χ1n) is 17.3. The predicted molar refractivity (Wildman–Crippen MR) is 171 cm³/mol. The summed E-state index contributed by atoms with van der Waals surface area (Å²) in [4.78, 5) is 31.4. The number of rotatable bonds is 10. The van der Waals surface area contributed by atoms with Crippen LogP contribution in [0.4, 0.5) is 0 Å². The van der Waals surface area contributed by atoms with Gasteiger partial charge in [-0.05, 0) is 96.1 Å². The highest BCUT2D eigenvalue weighted by Crippen LogP contribution is 2.35. The van der Waals surface area contributed by atoms with Gasteiger partial charge in [-0.2, -0.15) is 0 Å². The fourth-order valence-corrected chi connectivity index (χ4v) is 7.68. The molecule has 0 bridgehead atoms. The molecule has 3 N–H and O–H groups in total. The largest absolute Gasteiger partial charge is 0.490 e. The molecule has 1 aromatic carbocycles. The van der Waals surface area contributed by atoms with Gasteiger partial charge in [0.15, 0.2) is 0 Å². The molecule has 4 aliphatic rings. The van der Waals surface area contributed by atoms with E-state index < -0.39 is 0 Å². The smallest absolute Gasteiger partial charge is 0.228 e. The highest BCUT2D eigenvalue weighted by molar-refractivity contribution is 5.81. The van der Waals surface area contributed by atoms with Gasteiger partial charge >= 0.3 is 0 Å². The third kappa shape index (κ3) is 8.53. The van der Waals surface area contributed by atoms with Crippen molar-refractivity contribution in [3.8, 4) is 5.75 Å². The van der Waals surface area contributed by atoms with E-state index in [-0.39, 0.29) is 60.5 Å². The Balaban J connectivity index is 1.27. The summed E-state index contributed by atoms with van der Waals surface area (Å²) < 4.78 is 13.2. The number of nitrogens with one attached hydrogen (secondary N) is 2. The number of benzene rings is 1. The molecular formula is C35H56N4O5. The van der Waals surface area contributed by atoms with E-state index in [1.807, 2.05) is 11.8 Å². The minimum atomic E-state index is -0.382. The molecule has 2 heterocycles. The van der Waals surface area contributed by atoms with Crippen LogP contribution < -0.4 is 15.4 Å². The average Bonchev–Trinajstić information content (AvgIpc) is 3.04. The Bertz CT molecular complexity index is 1060. The predicted octanol–water partition coefficient (Wildman–Crippen LogP) is 3.73. The van der Waals surface area contributed by atoms with Crippen LogP contribution in [0, 0.1) is 17.8 Å². The molecule has 5 rings (SSSR count). The van der Waals surface area contributed by atoms with Crippen LogP contribution in [0.5, 0.6) is 5.75 Å². The van der Waals surface area contributed by atoms with E-state index in [0.717, 1.165) is 70.3 Å². The molecule has 44 heavy (non-hydrogen) atoms. The molecule has 0 spiro atoms. The second-order valence-corrected chi connectivity index (χ2v) is 14.0. The quantitative estimate of drug-likeness (QED) is 0.370. The molecule has 0 radical (unpaired) electrons. The van der Waals surface area contributed by atoms with Crippen molar-refractivity contribution in [2.45, 2.75) is 115 Å². The number of carbonyl (C=O) groups is 2. The first kappa shape index (κ1) is 33.2. The van der Waals surface area contributed by atoms with E-state index in [4.69, 9.17) is 9.47 Å². The normalized spacial score (nSPS) is 29.9. The number of amides is 2. The highest BCUT2D eigenvalue weighted by Gasteiger charge is 2.46. The van der Waals surface area contributed by atoms with E-state index >= 15 is 0 Å². The Morgan fingerprint density at radius 3 is 2.52 bits per heavy atom. The molecule has 2 saturated carbocycles. The van der Waals surface area contributed by atoms with E-state index in [0.29, 0.717) is 19.2 Å². The Morgan fingerprint density at radius 2 is 1.82 bits per heavy atom. The molecule has 0 aromatic heterocycles. The minimum Gasteiger partial charge on any atom is -0.490 e. The maximum atomic E-state index is 13.9. The summed E-state index contributed by atoms with van der Waals surface area (Å²) in [5.74, 6) is 0.828. The van der Waals surface area contributed by atoms with Crippen molar-refractivity contribution in [1.29, 1.82) is 0 Å². The number of aliphatic hydroxyl groups excluding tert-OH is 1. The van der Waals surface area contributed by atoms with Crippen molar-refractivity contribution >= 4 is 11.8 Å². The fourth-order valence-electron chi connectivity index (χ4n) is 7.68. The zero-order valence-electron chi connectivity index (χ0n) is 27.2. The molecule has 246 valence electrons. The zero-order chi connectivity index (χ0) is 31.1. The second-order valence-electron chi connectivity index (χ2n) is 14.0. The van der Waals surface area contributed by atoms with Gasteiger partial charge in [0.1, 0.15) is 5.75 Å². The van der Waals surface area contributed by atoms with Gasteiger partial charge in [-0.25, -0.2) is 0 Å². The number of likely N-dealkylation sites (N-methyl/N-ethyl adjacent to an activating group) is 1. The third-order valence-corrected chi connectivity index (χ3v) is 10.4. The molecule has 1 aromatic rings. The van der Waals surface area contributed by atoms with E-state index in [1.165, 1.54) is 24.8 Å². The van der Waals surface area contributed by atoms with Crippen molar-refractivity contribution in [3.05, 3.63) is 29.8 Å². The van der Waals surface area contributed by atoms with Crippen LogP contribution in [-0.2, 0) is 20.9 Å². The van der Waals surface area contributed by atoms with E-state index in [1.54, 1.807) is 0 Å². The van der Waals surface area contributed by atoms with Crippen molar-refractivity contribution in [3.63, 3.8) is 0 Å². The number of hydrogen-bond acceptors (Lipinski definition) is 7. The number of hydrogen-bond donors (Lipinski definition) is 3. The van der Waals surface area contributed by atoms with Crippen molar-refractivity contribution in [2.24, 2.45) is 17.8 Å². The molecule has 9 heteroatoms. The summed E-state index contributed by atoms with van der Waals surface area (Å²) in [6, 6.07) is 8.04. The number of nitrogens with zero attached hydrogens (tertiary/aromatic N) is 2. The summed E-state index contributed by atoms with van der Waals surface area (Å²) in [6.07, 6.45) is 10.1. The number of piperidine rings is 1. The zero-order valence-corrected chi connectivity index (χ0v) is 27.2. The second kappa shape index (κ2) is 15.9. The van der Waals surface area contributed by atoms with Gasteiger partial charge in [0, 0.05) is 31.5 Å². The van der Waals surface area contributed by atoms with Crippen molar-refractivity contribution < 1.29 is 24.2 Å². The lowest BCUT2D eigenvalue weighted by Gasteiger charge is -2.47. The molecule has 3 unspecified atom stereocenters. The third-order valence-electron chi connectivity index (χ3n) is 10.4. The Hall–Kier alpha value is -2.20. The molecule has 2 aliphatic carbocycles. The van der Waals surface area contributed by atoms with Crippen LogP contribution in [0.1, 0.15) is 83.6 Å². The van der Waals surface area contributed by atoms with Gasteiger partial charge in [-0.3, -0.25) is 14.5 Å². The standard InChI is InChI=1S/C35H56N4O5/c1-24-20-39(25(2)23-40)35(42)30-10-7-11-31(37-34(41)27-16-18-36-19-17-27)33(30)44-32(24)22-38(3)21-26-12-14-29(15-13-26)43-28-8-5-4-6-9-28/h12-15,24-25,27-28,30-33,36,40H,4-11,16-23H2,1-3H3,(H,37,41)/t24-,25+,30?,31?,32+,33?/m0/s1. The molecule has 2 amide bonds. The van der Waals surface area contributed by atoms with Gasteiger partial charge in [-0.1, -0.05) is 31.9 Å². The van der Waals surface area contributed by atoms with Crippen LogP contribution in [-0.4, -0.2) is 96.9 Å². The number of carbonyl (C=O) groups excluding carboxylic acids is 2.